The minimum Gasteiger partial charge on any atom is -0.264 e. The van der Waals surface area contributed by atoms with Crippen LogP contribution in [-0.4, -0.2) is 39.0 Å². The maximum Gasteiger partial charge on any atom is 0.138 e. The highest BCUT2D eigenvalue weighted by Crippen LogP contribution is 2.31. The highest BCUT2D eigenvalue weighted by molar-refractivity contribution is 7.99. The predicted octanol–water partition coefficient (Wildman–Crippen LogP) is 5.57. The van der Waals surface area contributed by atoms with Crippen molar-refractivity contribution in [2.75, 3.05) is 11.5 Å². The molecule has 0 saturated carbocycles. The Morgan fingerprint density at radius 2 is 1.17 bits per heavy atom. The molecule has 6 nitrogen and oxygen atoms in total. The number of nitrogens with zero attached hydrogens (tertiary/aromatic N) is 6. The van der Waals surface area contributed by atoms with Gasteiger partial charge in [-0.05, 0) is 48.6 Å². The Hall–Kier alpha value is -1.88. The summed E-state index contributed by atoms with van der Waals surface area (Å²) in [6.07, 6.45) is 10.7. The molecule has 10 heteroatoms. The quantitative estimate of drug-likeness (QED) is 0.225. The van der Waals surface area contributed by atoms with Crippen LogP contribution in [0.15, 0.2) is 59.1 Å². The van der Waals surface area contributed by atoms with E-state index in [1.165, 1.54) is 29.9 Å². The van der Waals surface area contributed by atoms with Crippen LogP contribution in [0.25, 0.3) is 22.5 Å². The van der Waals surface area contributed by atoms with Gasteiger partial charge in [0.2, 0.25) is 0 Å². The van der Waals surface area contributed by atoms with Crippen LogP contribution in [-0.2, 0) is 0 Å². The molecule has 0 radical (unpaired) electrons. The van der Waals surface area contributed by atoms with Crippen molar-refractivity contribution >= 4 is 47.0 Å². The lowest BCUT2D eigenvalue weighted by Crippen LogP contribution is -1.88. The van der Waals surface area contributed by atoms with E-state index in [0.717, 1.165) is 56.9 Å². The molecule has 0 aromatic carbocycles. The average molecular weight is 459 g/mol. The Balaban J connectivity index is 1.18. The second kappa shape index (κ2) is 10.8. The molecule has 4 heterocycles. The lowest BCUT2D eigenvalue weighted by molar-refractivity contribution is 0.785. The first-order valence-corrected chi connectivity index (χ1v) is 12.6. The third kappa shape index (κ3) is 5.59. The van der Waals surface area contributed by atoms with E-state index in [9.17, 15) is 0 Å². The maximum atomic E-state index is 4.44. The summed E-state index contributed by atoms with van der Waals surface area (Å²) in [5, 5.41) is 2.01. The predicted molar refractivity (Wildman–Crippen MR) is 122 cm³/mol. The van der Waals surface area contributed by atoms with Crippen LogP contribution in [0.3, 0.4) is 0 Å². The van der Waals surface area contributed by atoms with Crippen LogP contribution in [0.2, 0.25) is 0 Å². The summed E-state index contributed by atoms with van der Waals surface area (Å²) in [6, 6.07) is 7.91. The van der Waals surface area contributed by atoms with E-state index >= 15 is 0 Å². The van der Waals surface area contributed by atoms with E-state index in [4.69, 9.17) is 0 Å². The van der Waals surface area contributed by atoms with Gasteiger partial charge >= 0.3 is 0 Å². The molecule has 4 aromatic rings. The van der Waals surface area contributed by atoms with Gasteiger partial charge in [0, 0.05) is 35.9 Å². The van der Waals surface area contributed by atoms with Crippen molar-refractivity contribution in [2.45, 2.75) is 29.3 Å². The Labute approximate surface area is 186 Å². The minimum atomic E-state index is 0.947. The van der Waals surface area contributed by atoms with E-state index < -0.39 is 0 Å². The second-order valence-electron chi connectivity index (χ2n) is 6.08. The van der Waals surface area contributed by atoms with Crippen LogP contribution >= 0.6 is 47.0 Å². The van der Waals surface area contributed by atoms with E-state index in [0.29, 0.717) is 0 Å². The fourth-order valence-electron chi connectivity index (χ4n) is 2.63. The number of hydrogen-bond acceptors (Lipinski definition) is 10. The molecule has 148 valence electrons. The monoisotopic (exact) mass is 458 g/mol. The summed E-state index contributed by atoms with van der Waals surface area (Å²) >= 11 is 6.08. The van der Waals surface area contributed by atoms with E-state index in [1.54, 1.807) is 35.9 Å². The molecule has 29 heavy (non-hydrogen) atoms. The first-order chi connectivity index (χ1) is 14.4. The minimum absolute atomic E-state index is 0.947. The van der Waals surface area contributed by atoms with Crippen molar-refractivity contribution in [2.24, 2.45) is 0 Å². The second-order valence-corrected chi connectivity index (χ2v) is 9.30. The lowest BCUT2D eigenvalue weighted by Gasteiger charge is -2.03. The van der Waals surface area contributed by atoms with Gasteiger partial charge in [0.05, 0.1) is 23.5 Å². The third-order valence-electron chi connectivity index (χ3n) is 4.05. The zero-order chi connectivity index (χ0) is 19.7. The Morgan fingerprint density at radius 3 is 1.62 bits per heavy atom. The van der Waals surface area contributed by atoms with Crippen molar-refractivity contribution < 1.29 is 0 Å². The number of hydrogen-bond donors (Lipinski definition) is 0. The molecule has 0 atom stereocenters. The van der Waals surface area contributed by atoms with Gasteiger partial charge in [0.1, 0.15) is 21.4 Å². The number of pyridine rings is 2. The fraction of sp³-hybridized carbons (Fsp3) is 0.263. The summed E-state index contributed by atoms with van der Waals surface area (Å²) < 4.78 is 17.7. The van der Waals surface area contributed by atoms with Gasteiger partial charge in [-0.2, -0.15) is 17.5 Å². The molecule has 0 amide bonds. The van der Waals surface area contributed by atoms with Gasteiger partial charge in [-0.25, -0.2) is 0 Å². The van der Waals surface area contributed by atoms with Gasteiger partial charge in [-0.15, -0.1) is 23.5 Å². The molecule has 0 unspecified atom stereocenters. The highest BCUT2D eigenvalue weighted by atomic mass is 32.2. The molecule has 4 aromatic heterocycles. The van der Waals surface area contributed by atoms with E-state index in [1.807, 2.05) is 36.7 Å². The van der Waals surface area contributed by atoms with Gasteiger partial charge < -0.3 is 0 Å². The molecule has 0 aliphatic carbocycles. The molecule has 0 aliphatic rings. The van der Waals surface area contributed by atoms with Crippen molar-refractivity contribution in [1.29, 1.82) is 0 Å². The molecular formula is C19H18N6S4. The van der Waals surface area contributed by atoms with Crippen molar-refractivity contribution in [1.82, 2.24) is 27.5 Å². The van der Waals surface area contributed by atoms with Crippen LogP contribution < -0.4 is 0 Å². The number of aromatic nitrogens is 6. The molecule has 4 rings (SSSR count). The van der Waals surface area contributed by atoms with Crippen LogP contribution in [0.4, 0.5) is 0 Å². The smallest absolute Gasteiger partial charge is 0.138 e. The van der Waals surface area contributed by atoms with Crippen LogP contribution in [0.5, 0.6) is 0 Å². The Bertz CT molecular complexity index is 924. The zero-order valence-corrected chi connectivity index (χ0v) is 18.7. The average Bonchev–Trinajstić information content (AvgIpc) is 3.44. The largest absolute Gasteiger partial charge is 0.264 e. The Morgan fingerprint density at radius 1 is 0.655 bits per heavy atom. The fourth-order valence-corrected chi connectivity index (χ4v) is 6.00. The highest BCUT2D eigenvalue weighted by Gasteiger charge is 2.12. The molecule has 0 spiro atoms. The summed E-state index contributed by atoms with van der Waals surface area (Å²) in [4.78, 5) is 8.34. The standard InChI is InChI=1S/C19H18N6S4/c1(2-10-26-18-16(22-28-24-18)14-6-4-8-20-12-14)3-11-27-19-17(23-29-25-19)15-7-5-9-21-13-15/h4-9,12-13H,1-3,10-11H2. The lowest BCUT2D eigenvalue weighted by atomic mass is 10.2. The summed E-state index contributed by atoms with van der Waals surface area (Å²) in [6.45, 7) is 0. The zero-order valence-electron chi connectivity index (χ0n) is 15.5. The van der Waals surface area contributed by atoms with Crippen LogP contribution in [0, 0.1) is 0 Å². The van der Waals surface area contributed by atoms with Gasteiger partial charge in [0.15, 0.2) is 0 Å². The summed E-state index contributed by atoms with van der Waals surface area (Å²) in [5.41, 5.74) is 3.95. The van der Waals surface area contributed by atoms with E-state index in [-0.39, 0.29) is 0 Å². The van der Waals surface area contributed by atoms with Gasteiger partial charge in [-0.1, -0.05) is 6.42 Å². The molecule has 0 N–H and O–H groups in total. The third-order valence-corrected chi connectivity index (χ3v) is 7.44. The summed E-state index contributed by atoms with van der Waals surface area (Å²) in [5.74, 6) is 2.09. The number of unbranched alkanes of at least 4 members (excludes halogenated alkanes) is 2. The number of rotatable bonds is 10. The first kappa shape index (κ1) is 20.4. The van der Waals surface area contributed by atoms with Gasteiger partial charge in [0.25, 0.3) is 0 Å². The van der Waals surface area contributed by atoms with Crippen LogP contribution in [0.1, 0.15) is 19.3 Å². The molecule has 0 bridgehead atoms. The topological polar surface area (TPSA) is 77.3 Å². The SMILES string of the molecule is c1cncc(-c2nsnc2SCCCCCSc2nsnc2-c2cccnc2)c1. The normalized spacial score (nSPS) is 11.0. The van der Waals surface area contributed by atoms with Crippen molar-refractivity contribution in [3.8, 4) is 22.5 Å². The van der Waals surface area contributed by atoms with Crippen molar-refractivity contribution in [3.05, 3.63) is 49.1 Å². The molecule has 0 fully saturated rings. The van der Waals surface area contributed by atoms with E-state index in [2.05, 4.69) is 27.5 Å². The first-order valence-electron chi connectivity index (χ1n) is 9.13. The molecular weight excluding hydrogens is 441 g/mol. The summed E-state index contributed by atoms with van der Waals surface area (Å²) in [7, 11) is 0. The van der Waals surface area contributed by atoms with Gasteiger partial charge in [-0.3, -0.25) is 9.97 Å². The molecule has 0 saturated heterocycles. The van der Waals surface area contributed by atoms with Crippen molar-refractivity contribution in [3.63, 3.8) is 0 Å². The molecule has 0 aliphatic heterocycles. The number of thioether (sulfide) groups is 2. The maximum absolute atomic E-state index is 4.44. The Kier molecular flexibility index (Phi) is 7.57.